The molecule has 1 aromatic heterocycles. The molecule has 0 amide bonds. The first-order chi connectivity index (χ1) is 10.9. The fourth-order valence-corrected chi connectivity index (χ4v) is 2.16. The van der Waals surface area contributed by atoms with Crippen molar-refractivity contribution in [3.8, 4) is 6.07 Å². The van der Waals surface area contributed by atoms with Crippen LogP contribution in [0, 0.1) is 23.0 Å². The Morgan fingerprint density at radius 2 is 2.04 bits per heavy atom. The second kappa shape index (κ2) is 6.54. The molecule has 6 nitrogen and oxygen atoms in total. The maximum Gasteiger partial charge on any atom is 0.331 e. The maximum atomic E-state index is 13.7. The molecule has 0 radical (unpaired) electrons. The predicted molar refractivity (Wildman–Crippen MR) is 76.7 cm³/mol. The van der Waals surface area contributed by atoms with Crippen LogP contribution >= 0.6 is 0 Å². The first-order valence-electron chi connectivity index (χ1n) is 6.76. The summed E-state index contributed by atoms with van der Waals surface area (Å²) >= 11 is 0. The zero-order valence-corrected chi connectivity index (χ0v) is 12.2. The molecule has 23 heavy (non-hydrogen) atoms. The van der Waals surface area contributed by atoms with E-state index in [4.69, 9.17) is 5.26 Å². The number of aliphatic hydroxyl groups is 1. The molecule has 120 valence electrons. The summed E-state index contributed by atoms with van der Waals surface area (Å²) in [6.07, 6.45) is -0.410. The van der Waals surface area contributed by atoms with E-state index in [0.717, 1.165) is 22.9 Å². The van der Waals surface area contributed by atoms with Crippen LogP contribution in [0.3, 0.4) is 0 Å². The van der Waals surface area contributed by atoms with E-state index in [1.807, 2.05) is 0 Å². The minimum Gasteiger partial charge on any atom is -0.386 e. The number of aliphatic hydroxyl groups excluding tert-OH is 1. The highest BCUT2D eigenvalue weighted by Gasteiger charge is 2.18. The number of halogens is 2. The fourth-order valence-electron chi connectivity index (χ4n) is 2.16. The quantitative estimate of drug-likeness (QED) is 0.907. The number of nitriles is 1. The van der Waals surface area contributed by atoms with Crippen LogP contribution in [-0.4, -0.2) is 14.2 Å². The van der Waals surface area contributed by atoms with Crippen molar-refractivity contribution >= 4 is 0 Å². The summed E-state index contributed by atoms with van der Waals surface area (Å²) in [5, 5.41) is 19.0. The first-order valence-corrected chi connectivity index (χ1v) is 6.76. The molecule has 0 aliphatic heterocycles. The van der Waals surface area contributed by atoms with Crippen molar-refractivity contribution in [2.24, 2.45) is 0 Å². The van der Waals surface area contributed by atoms with Crippen LogP contribution in [0.4, 0.5) is 8.78 Å². The Hall–Kier alpha value is -2.79. The van der Waals surface area contributed by atoms with Gasteiger partial charge >= 0.3 is 5.69 Å². The summed E-state index contributed by atoms with van der Waals surface area (Å²) in [6.45, 7) is 1.32. The summed E-state index contributed by atoms with van der Waals surface area (Å²) in [5.74, 6) is -1.80. The molecular formula is C15H13F2N3O3. The Labute approximate surface area is 129 Å². The molecule has 0 bridgehead atoms. The summed E-state index contributed by atoms with van der Waals surface area (Å²) in [4.78, 5) is 24.2. The molecular weight excluding hydrogens is 308 g/mol. The summed E-state index contributed by atoms with van der Waals surface area (Å²) in [5.41, 5.74) is -2.11. The topological polar surface area (TPSA) is 88.0 Å². The van der Waals surface area contributed by atoms with E-state index in [1.165, 1.54) is 0 Å². The zero-order valence-electron chi connectivity index (χ0n) is 12.2. The van der Waals surface area contributed by atoms with Crippen LogP contribution in [0.25, 0.3) is 0 Å². The Morgan fingerprint density at radius 3 is 2.61 bits per heavy atom. The van der Waals surface area contributed by atoms with Gasteiger partial charge < -0.3 is 5.11 Å². The number of aromatic nitrogens is 2. The van der Waals surface area contributed by atoms with Crippen LogP contribution in [0.2, 0.25) is 0 Å². The van der Waals surface area contributed by atoms with Crippen molar-refractivity contribution in [2.75, 3.05) is 0 Å². The largest absolute Gasteiger partial charge is 0.386 e. The predicted octanol–water partition coefficient (Wildman–Crippen LogP) is 0.913. The van der Waals surface area contributed by atoms with Gasteiger partial charge in [0.15, 0.2) is 0 Å². The third kappa shape index (κ3) is 3.19. The van der Waals surface area contributed by atoms with E-state index in [9.17, 15) is 23.5 Å². The summed E-state index contributed by atoms with van der Waals surface area (Å²) < 4.78 is 28.4. The van der Waals surface area contributed by atoms with E-state index < -0.39 is 35.5 Å². The number of aryl methyl sites for hydroxylation is 1. The second-order valence-electron chi connectivity index (χ2n) is 4.82. The smallest absolute Gasteiger partial charge is 0.331 e. The fraction of sp³-hybridized carbons (Fsp3) is 0.267. The lowest BCUT2D eigenvalue weighted by molar-refractivity contribution is 0.148. The highest BCUT2D eigenvalue weighted by molar-refractivity contribution is 5.23. The van der Waals surface area contributed by atoms with Gasteiger partial charge in [-0.25, -0.2) is 13.6 Å². The van der Waals surface area contributed by atoms with Crippen LogP contribution in [-0.2, 0) is 13.1 Å². The maximum absolute atomic E-state index is 13.7. The molecule has 0 spiro atoms. The zero-order chi connectivity index (χ0) is 17.1. The Bertz CT molecular complexity index is 896. The van der Waals surface area contributed by atoms with Gasteiger partial charge in [-0.1, -0.05) is 6.07 Å². The lowest BCUT2D eigenvalue weighted by Crippen LogP contribution is -2.41. The molecule has 0 aliphatic rings. The average molecular weight is 321 g/mol. The monoisotopic (exact) mass is 321 g/mol. The van der Waals surface area contributed by atoms with Gasteiger partial charge in [-0.15, -0.1) is 0 Å². The van der Waals surface area contributed by atoms with Crippen molar-refractivity contribution in [2.45, 2.75) is 26.1 Å². The molecule has 1 aromatic carbocycles. The van der Waals surface area contributed by atoms with Gasteiger partial charge in [-0.2, -0.15) is 5.26 Å². The first kappa shape index (κ1) is 16.6. The van der Waals surface area contributed by atoms with E-state index in [-0.39, 0.29) is 17.7 Å². The molecule has 1 N–H and O–H groups in total. The number of nitrogens with zero attached hydrogens (tertiary/aromatic N) is 3. The SMILES string of the molecule is CCn1cc(C#N)c(=O)n(CC(O)c2ccc(F)cc2F)c1=O. The Balaban J connectivity index is 2.49. The minimum atomic E-state index is -1.54. The van der Waals surface area contributed by atoms with Crippen molar-refractivity contribution in [3.05, 3.63) is 68.0 Å². The number of hydrogen-bond acceptors (Lipinski definition) is 4. The van der Waals surface area contributed by atoms with Crippen molar-refractivity contribution < 1.29 is 13.9 Å². The highest BCUT2D eigenvalue weighted by atomic mass is 19.1. The molecule has 0 saturated heterocycles. The van der Waals surface area contributed by atoms with Gasteiger partial charge in [-0.05, 0) is 13.0 Å². The van der Waals surface area contributed by atoms with Gasteiger partial charge in [0, 0.05) is 24.4 Å². The van der Waals surface area contributed by atoms with E-state index >= 15 is 0 Å². The van der Waals surface area contributed by atoms with Crippen molar-refractivity contribution in [3.63, 3.8) is 0 Å². The molecule has 1 heterocycles. The van der Waals surface area contributed by atoms with Gasteiger partial charge in [0.1, 0.15) is 23.3 Å². The molecule has 1 unspecified atom stereocenters. The molecule has 8 heteroatoms. The molecule has 0 saturated carbocycles. The van der Waals surface area contributed by atoms with Crippen LogP contribution in [0.15, 0.2) is 34.0 Å². The second-order valence-corrected chi connectivity index (χ2v) is 4.82. The standard InChI is InChI=1S/C15H13F2N3O3/c1-2-19-7-9(6-18)14(22)20(15(19)23)8-13(21)11-4-3-10(16)5-12(11)17/h3-5,7,13,21H,2,8H2,1H3. The van der Waals surface area contributed by atoms with Gasteiger partial charge in [0.05, 0.1) is 12.6 Å². The third-order valence-corrected chi connectivity index (χ3v) is 3.38. The Morgan fingerprint density at radius 1 is 1.35 bits per heavy atom. The molecule has 0 fully saturated rings. The van der Waals surface area contributed by atoms with E-state index in [0.29, 0.717) is 10.6 Å². The van der Waals surface area contributed by atoms with Crippen LogP contribution < -0.4 is 11.2 Å². The van der Waals surface area contributed by atoms with Gasteiger partial charge in [-0.3, -0.25) is 13.9 Å². The van der Waals surface area contributed by atoms with Gasteiger partial charge in [0.2, 0.25) is 0 Å². The lowest BCUT2D eigenvalue weighted by Gasteiger charge is -2.15. The lowest BCUT2D eigenvalue weighted by atomic mass is 10.1. The van der Waals surface area contributed by atoms with Crippen LogP contribution in [0.5, 0.6) is 0 Å². The number of benzene rings is 1. The van der Waals surface area contributed by atoms with E-state index in [2.05, 4.69) is 0 Å². The molecule has 0 aliphatic carbocycles. The molecule has 2 aromatic rings. The van der Waals surface area contributed by atoms with Crippen LogP contribution in [0.1, 0.15) is 24.2 Å². The normalized spacial score (nSPS) is 12.0. The summed E-state index contributed by atoms with van der Waals surface area (Å²) in [7, 11) is 0. The van der Waals surface area contributed by atoms with E-state index in [1.54, 1.807) is 13.0 Å². The summed E-state index contributed by atoms with van der Waals surface area (Å²) in [6, 6.07) is 4.26. The molecule has 1 atom stereocenters. The Kier molecular flexibility index (Phi) is 4.71. The minimum absolute atomic E-state index is 0.217. The van der Waals surface area contributed by atoms with Crippen molar-refractivity contribution in [1.82, 2.24) is 9.13 Å². The van der Waals surface area contributed by atoms with Crippen molar-refractivity contribution in [1.29, 1.82) is 5.26 Å². The highest BCUT2D eigenvalue weighted by Crippen LogP contribution is 2.18. The van der Waals surface area contributed by atoms with Gasteiger partial charge in [0.25, 0.3) is 5.56 Å². The average Bonchev–Trinajstić information content (AvgIpc) is 2.51. The number of rotatable bonds is 4. The third-order valence-electron chi connectivity index (χ3n) is 3.38. The number of hydrogen-bond donors (Lipinski definition) is 1. The molecule has 2 rings (SSSR count).